The molecule has 1 aromatic carbocycles. The predicted molar refractivity (Wildman–Crippen MR) is 124 cm³/mol. The van der Waals surface area contributed by atoms with Crippen LogP contribution in [0.25, 0.3) is 0 Å². The van der Waals surface area contributed by atoms with E-state index >= 15 is 0 Å². The van der Waals surface area contributed by atoms with Crippen LogP contribution in [-0.4, -0.2) is 86.1 Å². The lowest BCUT2D eigenvalue weighted by atomic mass is 10.2. The summed E-state index contributed by atoms with van der Waals surface area (Å²) in [6, 6.07) is 4.01. The quantitative estimate of drug-likeness (QED) is 0.290. The van der Waals surface area contributed by atoms with Crippen LogP contribution in [0.4, 0.5) is 13.2 Å². The van der Waals surface area contributed by atoms with E-state index in [-0.39, 0.29) is 37.2 Å². The van der Waals surface area contributed by atoms with Gasteiger partial charge in [-0.15, -0.1) is 24.0 Å². The van der Waals surface area contributed by atoms with E-state index in [9.17, 15) is 13.2 Å². The summed E-state index contributed by atoms with van der Waals surface area (Å²) in [5, 5.41) is 12.1. The van der Waals surface area contributed by atoms with Crippen molar-refractivity contribution in [1.29, 1.82) is 0 Å². The second-order valence-electron chi connectivity index (χ2n) is 6.97. The van der Waals surface area contributed by atoms with Crippen molar-refractivity contribution >= 4 is 29.9 Å². The Morgan fingerprint density at radius 3 is 2.45 bits per heavy atom. The van der Waals surface area contributed by atoms with Gasteiger partial charge in [-0.25, -0.2) is 4.99 Å². The van der Waals surface area contributed by atoms with Crippen LogP contribution in [0.3, 0.4) is 0 Å². The van der Waals surface area contributed by atoms with Crippen molar-refractivity contribution in [2.45, 2.75) is 32.6 Å². The van der Waals surface area contributed by atoms with Crippen LogP contribution >= 0.6 is 24.0 Å². The van der Waals surface area contributed by atoms with Crippen LogP contribution < -0.4 is 14.8 Å². The zero-order valence-electron chi connectivity index (χ0n) is 18.1. The maximum atomic E-state index is 13.0. The van der Waals surface area contributed by atoms with E-state index in [0.29, 0.717) is 56.7 Å². The van der Waals surface area contributed by atoms with Crippen molar-refractivity contribution in [3.63, 3.8) is 0 Å². The normalized spacial score (nSPS) is 16.5. The number of nitrogens with zero attached hydrogens (tertiary/aromatic N) is 3. The van der Waals surface area contributed by atoms with E-state index < -0.39 is 12.2 Å². The summed E-state index contributed by atoms with van der Waals surface area (Å²) in [4.78, 5) is 8.09. The standard InChI is InChI=1S/C20H31F3N4O3.HI/c1-4-24-19(27-9-7-26(8-10-27)15(2)20(21,22)23)25-14-16-5-6-17(30-12-11-28)18(13-16)29-3;/h5-6,13,15,28H,4,7-12,14H2,1-3H3,(H,24,25);1H. The van der Waals surface area contributed by atoms with Gasteiger partial charge < -0.3 is 24.8 Å². The zero-order chi connectivity index (χ0) is 22.1. The molecule has 1 atom stereocenters. The topological polar surface area (TPSA) is 69.6 Å². The lowest BCUT2D eigenvalue weighted by molar-refractivity contribution is -0.181. The third-order valence-corrected chi connectivity index (χ3v) is 4.96. The van der Waals surface area contributed by atoms with Crippen molar-refractivity contribution in [2.24, 2.45) is 4.99 Å². The van der Waals surface area contributed by atoms with Gasteiger partial charge in [0, 0.05) is 32.7 Å². The summed E-state index contributed by atoms with van der Waals surface area (Å²) < 4.78 is 49.6. The molecule has 0 radical (unpaired) electrons. The molecule has 1 aromatic rings. The Bertz CT molecular complexity index is 699. The molecule has 7 nitrogen and oxygen atoms in total. The largest absolute Gasteiger partial charge is 0.493 e. The maximum absolute atomic E-state index is 13.0. The van der Waals surface area contributed by atoms with Gasteiger partial charge in [-0.05, 0) is 31.5 Å². The van der Waals surface area contributed by atoms with Crippen LogP contribution in [0.15, 0.2) is 23.2 Å². The first kappa shape index (κ1) is 27.6. The summed E-state index contributed by atoms with van der Waals surface area (Å²) in [5.74, 6) is 1.77. The molecule has 0 saturated carbocycles. The average Bonchev–Trinajstić information content (AvgIpc) is 2.74. The van der Waals surface area contributed by atoms with Gasteiger partial charge in [0.05, 0.1) is 20.3 Å². The number of methoxy groups -OCH3 is 1. The highest BCUT2D eigenvalue weighted by molar-refractivity contribution is 14.0. The molecule has 11 heteroatoms. The number of guanidine groups is 1. The number of aliphatic hydroxyl groups is 1. The first-order valence-corrected chi connectivity index (χ1v) is 10.0. The molecule has 1 fully saturated rings. The smallest absolute Gasteiger partial charge is 0.403 e. The third kappa shape index (κ3) is 8.19. The molecule has 1 heterocycles. The Labute approximate surface area is 198 Å². The molecule has 1 aliphatic rings. The SMILES string of the molecule is CCNC(=NCc1ccc(OCCO)c(OC)c1)N1CCN(C(C)C(F)(F)F)CC1.I. The number of halogens is 4. The van der Waals surface area contributed by atoms with Gasteiger partial charge >= 0.3 is 6.18 Å². The van der Waals surface area contributed by atoms with Crippen molar-refractivity contribution in [2.75, 3.05) is 53.0 Å². The van der Waals surface area contributed by atoms with Gasteiger partial charge in [0.1, 0.15) is 12.6 Å². The van der Waals surface area contributed by atoms with Crippen molar-refractivity contribution in [3.05, 3.63) is 23.8 Å². The number of benzene rings is 1. The van der Waals surface area contributed by atoms with Crippen LogP contribution in [0.1, 0.15) is 19.4 Å². The minimum atomic E-state index is -4.22. The number of hydrogen-bond donors (Lipinski definition) is 2. The Kier molecular flexibility index (Phi) is 11.7. The number of aliphatic hydroxyl groups excluding tert-OH is 1. The molecule has 2 N–H and O–H groups in total. The Morgan fingerprint density at radius 1 is 1.23 bits per heavy atom. The number of ether oxygens (including phenoxy) is 2. The molecule has 0 aliphatic carbocycles. The Hall–Kier alpha value is -1.47. The molecule has 0 amide bonds. The van der Waals surface area contributed by atoms with E-state index in [4.69, 9.17) is 14.6 Å². The molecule has 1 aliphatic heterocycles. The first-order valence-electron chi connectivity index (χ1n) is 10.0. The van der Waals surface area contributed by atoms with Crippen molar-refractivity contribution in [3.8, 4) is 11.5 Å². The van der Waals surface area contributed by atoms with Gasteiger partial charge in [0.25, 0.3) is 0 Å². The molecular formula is C20H32F3IN4O3. The highest BCUT2D eigenvalue weighted by Gasteiger charge is 2.41. The van der Waals surface area contributed by atoms with Gasteiger partial charge in [-0.1, -0.05) is 6.07 Å². The lowest BCUT2D eigenvalue weighted by Gasteiger charge is -2.39. The Balaban J connectivity index is 0.00000480. The van der Waals surface area contributed by atoms with Crippen LogP contribution in [0.2, 0.25) is 0 Å². The summed E-state index contributed by atoms with van der Waals surface area (Å²) in [6.07, 6.45) is -4.22. The fourth-order valence-electron chi connectivity index (χ4n) is 3.21. The van der Waals surface area contributed by atoms with Gasteiger partial charge in [0.15, 0.2) is 17.5 Å². The fraction of sp³-hybridized carbons (Fsp3) is 0.650. The van der Waals surface area contributed by atoms with Crippen LogP contribution in [-0.2, 0) is 6.54 Å². The third-order valence-electron chi connectivity index (χ3n) is 4.96. The minimum absolute atomic E-state index is 0. The fourth-order valence-corrected chi connectivity index (χ4v) is 3.21. The summed E-state index contributed by atoms with van der Waals surface area (Å²) in [5.41, 5.74) is 0.905. The second-order valence-corrected chi connectivity index (χ2v) is 6.97. The second kappa shape index (κ2) is 13.2. The molecule has 1 saturated heterocycles. The van der Waals surface area contributed by atoms with Crippen molar-refractivity contribution < 1.29 is 27.8 Å². The number of rotatable bonds is 8. The first-order chi connectivity index (χ1) is 14.3. The molecule has 31 heavy (non-hydrogen) atoms. The van der Waals surface area contributed by atoms with E-state index in [1.165, 1.54) is 11.8 Å². The summed E-state index contributed by atoms with van der Waals surface area (Å²) >= 11 is 0. The Morgan fingerprint density at radius 2 is 1.90 bits per heavy atom. The van der Waals surface area contributed by atoms with E-state index in [0.717, 1.165) is 5.56 Å². The van der Waals surface area contributed by atoms with Crippen LogP contribution in [0.5, 0.6) is 11.5 Å². The number of aliphatic imine (C=N–C) groups is 1. The molecule has 1 unspecified atom stereocenters. The van der Waals surface area contributed by atoms with Gasteiger partial charge in [0.2, 0.25) is 0 Å². The highest BCUT2D eigenvalue weighted by atomic mass is 127. The van der Waals surface area contributed by atoms with Crippen LogP contribution in [0, 0.1) is 0 Å². The number of hydrogen-bond acceptors (Lipinski definition) is 5. The van der Waals surface area contributed by atoms with E-state index in [2.05, 4.69) is 10.3 Å². The predicted octanol–water partition coefficient (Wildman–Crippen LogP) is 2.72. The summed E-state index contributed by atoms with van der Waals surface area (Å²) in [6.45, 7) is 5.91. The lowest BCUT2D eigenvalue weighted by Crippen LogP contribution is -2.56. The monoisotopic (exact) mass is 560 g/mol. The number of nitrogens with one attached hydrogen (secondary N) is 1. The highest BCUT2D eigenvalue weighted by Crippen LogP contribution is 2.28. The zero-order valence-corrected chi connectivity index (χ0v) is 20.4. The minimum Gasteiger partial charge on any atom is -0.493 e. The van der Waals surface area contributed by atoms with Gasteiger partial charge in [-0.3, -0.25) is 4.90 Å². The number of piperazine rings is 1. The molecule has 2 rings (SSSR count). The van der Waals surface area contributed by atoms with E-state index in [1.54, 1.807) is 13.2 Å². The molecule has 178 valence electrons. The van der Waals surface area contributed by atoms with E-state index in [1.807, 2.05) is 24.0 Å². The summed E-state index contributed by atoms with van der Waals surface area (Å²) in [7, 11) is 1.54. The van der Waals surface area contributed by atoms with Crippen molar-refractivity contribution in [1.82, 2.24) is 15.1 Å². The number of alkyl halides is 3. The molecular weight excluding hydrogens is 528 g/mol. The van der Waals surface area contributed by atoms with Gasteiger partial charge in [-0.2, -0.15) is 13.2 Å². The molecule has 0 bridgehead atoms. The molecule has 0 aromatic heterocycles. The molecule has 0 spiro atoms. The maximum Gasteiger partial charge on any atom is 0.403 e. The average molecular weight is 560 g/mol.